The SMILES string of the molecule is CNC1CCN(C(=O)NCC(F)(F)F)CC1C. The molecule has 1 aliphatic heterocycles. The first-order valence-corrected chi connectivity index (χ1v) is 5.60. The Labute approximate surface area is 98.5 Å². The van der Waals surface area contributed by atoms with Crippen LogP contribution < -0.4 is 10.6 Å². The van der Waals surface area contributed by atoms with Crippen LogP contribution in [0.1, 0.15) is 13.3 Å². The van der Waals surface area contributed by atoms with Crippen LogP contribution in [0.5, 0.6) is 0 Å². The van der Waals surface area contributed by atoms with Crippen molar-refractivity contribution >= 4 is 6.03 Å². The van der Waals surface area contributed by atoms with E-state index in [0.29, 0.717) is 19.1 Å². The number of amides is 2. The van der Waals surface area contributed by atoms with E-state index in [9.17, 15) is 18.0 Å². The van der Waals surface area contributed by atoms with Gasteiger partial charge < -0.3 is 15.5 Å². The summed E-state index contributed by atoms with van der Waals surface area (Å²) < 4.78 is 35.8. The minimum atomic E-state index is -4.36. The van der Waals surface area contributed by atoms with Gasteiger partial charge in [0.05, 0.1) is 0 Å². The maximum absolute atomic E-state index is 11.9. The van der Waals surface area contributed by atoms with Gasteiger partial charge in [-0.2, -0.15) is 13.2 Å². The molecule has 0 spiro atoms. The minimum Gasteiger partial charge on any atom is -0.329 e. The van der Waals surface area contributed by atoms with Gasteiger partial charge in [0.1, 0.15) is 6.54 Å². The van der Waals surface area contributed by atoms with Gasteiger partial charge in [0.15, 0.2) is 0 Å². The summed E-state index contributed by atoms with van der Waals surface area (Å²) in [6.45, 7) is 1.67. The fourth-order valence-electron chi connectivity index (χ4n) is 2.05. The predicted molar refractivity (Wildman–Crippen MR) is 57.7 cm³/mol. The summed E-state index contributed by atoms with van der Waals surface area (Å²) in [7, 11) is 1.85. The third-order valence-corrected chi connectivity index (χ3v) is 3.00. The van der Waals surface area contributed by atoms with Crippen LogP contribution in [-0.4, -0.2) is 49.8 Å². The van der Waals surface area contributed by atoms with Crippen molar-refractivity contribution in [2.24, 2.45) is 5.92 Å². The zero-order chi connectivity index (χ0) is 13.1. The van der Waals surface area contributed by atoms with E-state index in [-0.39, 0.29) is 5.92 Å². The third-order valence-electron chi connectivity index (χ3n) is 3.00. The van der Waals surface area contributed by atoms with E-state index in [2.05, 4.69) is 5.32 Å². The van der Waals surface area contributed by atoms with Crippen LogP contribution in [0, 0.1) is 5.92 Å². The Hall–Kier alpha value is -0.980. The molecule has 0 saturated carbocycles. The molecule has 2 atom stereocenters. The summed E-state index contributed by atoms with van der Waals surface area (Å²) in [6.07, 6.45) is -3.60. The number of rotatable bonds is 2. The van der Waals surface area contributed by atoms with E-state index in [1.807, 2.05) is 19.3 Å². The molecular formula is C10H18F3N3O. The zero-order valence-electron chi connectivity index (χ0n) is 9.97. The Kier molecular flexibility index (Phi) is 4.62. The van der Waals surface area contributed by atoms with Gasteiger partial charge >= 0.3 is 12.2 Å². The molecule has 1 aliphatic rings. The highest BCUT2D eigenvalue weighted by Gasteiger charge is 2.31. The fourth-order valence-corrected chi connectivity index (χ4v) is 2.05. The standard InChI is InChI=1S/C10H18F3N3O/c1-7-5-16(4-3-8(7)14-2)9(17)15-6-10(11,12)13/h7-8,14H,3-6H2,1-2H3,(H,15,17). The Bertz CT molecular complexity index is 270. The van der Waals surface area contributed by atoms with Gasteiger partial charge in [0.2, 0.25) is 0 Å². The summed E-state index contributed by atoms with van der Waals surface area (Å²) in [5.41, 5.74) is 0. The van der Waals surface area contributed by atoms with Crippen molar-refractivity contribution in [2.45, 2.75) is 25.6 Å². The first-order valence-electron chi connectivity index (χ1n) is 5.60. The normalized spacial score (nSPS) is 25.8. The molecular weight excluding hydrogens is 235 g/mol. The topological polar surface area (TPSA) is 44.4 Å². The first kappa shape index (κ1) is 14.1. The molecule has 2 amide bonds. The second kappa shape index (κ2) is 5.57. The number of carbonyl (C=O) groups excluding carboxylic acids is 1. The Morgan fingerprint density at radius 2 is 2.12 bits per heavy atom. The molecule has 1 fully saturated rings. The first-order chi connectivity index (χ1) is 7.83. The quantitative estimate of drug-likeness (QED) is 0.776. The number of halogens is 3. The van der Waals surface area contributed by atoms with E-state index >= 15 is 0 Å². The van der Waals surface area contributed by atoms with Crippen LogP contribution in [0.3, 0.4) is 0 Å². The molecule has 0 aromatic carbocycles. The smallest absolute Gasteiger partial charge is 0.329 e. The van der Waals surface area contributed by atoms with Gasteiger partial charge in [-0.15, -0.1) is 0 Å². The lowest BCUT2D eigenvalue weighted by atomic mass is 9.94. The highest BCUT2D eigenvalue weighted by Crippen LogP contribution is 2.17. The summed E-state index contributed by atoms with van der Waals surface area (Å²) in [4.78, 5) is 12.9. The molecule has 0 radical (unpaired) electrons. The van der Waals surface area contributed by atoms with Crippen molar-refractivity contribution in [1.82, 2.24) is 15.5 Å². The number of piperidine rings is 1. The number of hydrogen-bond acceptors (Lipinski definition) is 2. The van der Waals surface area contributed by atoms with Crippen LogP contribution in [-0.2, 0) is 0 Å². The summed E-state index contributed by atoms with van der Waals surface area (Å²) >= 11 is 0. The van der Waals surface area contributed by atoms with E-state index in [1.165, 1.54) is 4.90 Å². The second-order valence-corrected chi connectivity index (χ2v) is 4.38. The number of alkyl halides is 3. The number of urea groups is 1. The van der Waals surface area contributed by atoms with Gasteiger partial charge in [0.25, 0.3) is 0 Å². The number of carbonyl (C=O) groups is 1. The van der Waals surface area contributed by atoms with E-state index in [1.54, 1.807) is 0 Å². The molecule has 7 heteroatoms. The molecule has 4 nitrogen and oxygen atoms in total. The highest BCUT2D eigenvalue weighted by molar-refractivity contribution is 5.74. The van der Waals surface area contributed by atoms with Gasteiger partial charge in [-0.1, -0.05) is 6.92 Å². The molecule has 0 aliphatic carbocycles. The minimum absolute atomic E-state index is 0.241. The zero-order valence-corrected chi connectivity index (χ0v) is 9.97. The summed E-state index contributed by atoms with van der Waals surface area (Å²) in [5.74, 6) is 0.241. The van der Waals surface area contributed by atoms with E-state index in [0.717, 1.165) is 6.42 Å². The van der Waals surface area contributed by atoms with Crippen LogP contribution in [0.25, 0.3) is 0 Å². The van der Waals surface area contributed by atoms with E-state index in [4.69, 9.17) is 0 Å². The predicted octanol–water partition coefficient (Wildman–Crippen LogP) is 1.19. The molecule has 100 valence electrons. The monoisotopic (exact) mass is 253 g/mol. The molecule has 17 heavy (non-hydrogen) atoms. The number of nitrogens with one attached hydrogen (secondary N) is 2. The fraction of sp³-hybridized carbons (Fsp3) is 0.900. The molecule has 0 aromatic heterocycles. The lowest BCUT2D eigenvalue weighted by Gasteiger charge is -2.36. The Morgan fingerprint density at radius 1 is 1.47 bits per heavy atom. The third kappa shape index (κ3) is 4.41. The lowest BCUT2D eigenvalue weighted by molar-refractivity contribution is -0.123. The van der Waals surface area contributed by atoms with Gasteiger partial charge in [-0.25, -0.2) is 4.79 Å². The molecule has 1 rings (SSSR count). The van der Waals surface area contributed by atoms with Crippen molar-refractivity contribution in [3.05, 3.63) is 0 Å². The van der Waals surface area contributed by atoms with Crippen molar-refractivity contribution in [3.63, 3.8) is 0 Å². The Balaban J connectivity index is 2.39. The van der Waals surface area contributed by atoms with Crippen molar-refractivity contribution in [1.29, 1.82) is 0 Å². The average Bonchev–Trinajstić information content (AvgIpc) is 2.24. The molecule has 2 N–H and O–H groups in total. The van der Waals surface area contributed by atoms with Crippen molar-refractivity contribution < 1.29 is 18.0 Å². The molecule has 2 unspecified atom stereocenters. The molecule has 1 heterocycles. The molecule has 1 saturated heterocycles. The van der Waals surface area contributed by atoms with Crippen molar-refractivity contribution in [2.75, 3.05) is 26.7 Å². The maximum atomic E-state index is 11.9. The largest absolute Gasteiger partial charge is 0.405 e. The molecule has 0 aromatic rings. The van der Waals surface area contributed by atoms with Crippen LogP contribution in [0.4, 0.5) is 18.0 Å². The van der Waals surface area contributed by atoms with Crippen LogP contribution >= 0.6 is 0 Å². The molecule has 0 bridgehead atoms. The van der Waals surface area contributed by atoms with Gasteiger partial charge in [-0.05, 0) is 19.4 Å². The average molecular weight is 253 g/mol. The van der Waals surface area contributed by atoms with Gasteiger partial charge in [0, 0.05) is 19.1 Å². The second-order valence-electron chi connectivity index (χ2n) is 4.38. The summed E-state index contributed by atoms with van der Waals surface area (Å²) in [6, 6.07) is -0.314. The summed E-state index contributed by atoms with van der Waals surface area (Å²) in [5, 5.41) is 5.02. The van der Waals surface area contributed by atoms with Crippen LogP contribution in [0.2, 0.25) is 0 Å². The lowest BCUT2D eigenvalue weighted by Crippen LogP contribution is -2.52. The number of nitrogens with zero attached hydrogens (tertiary/aromatic N) is 1. The number of hydrogen-bond donors (Lipinski definition) is 2. The van der Waals surface area contributed by atoms with E-state index < -0.39 is 18.8 Å². The highest BCUT2D eigenvalue weighted by atomic mass is 19.4. The maximum Gasteiger partial charge on any atom is 0.405 e. The van der Waals surface area contributed by atoms with Crippen molar-refractivity contribution in [3.8, 4) is 0 Å². The Morgan fingerprint density at radius 3 is 2.59 bits per heavy atom. The van der Waals surface area contributed by atoms with Gasteiger partial charge in [-0.3, -0.25) is 0 Å². The van der Waals surface area contributed by atoms with Crippen LogP contribution in [0.15, 0.2) is 0 Å². The number of likely N-dealkylation sites (tertiary alicyclic amines) is 1.